The van der Waals surface area contributed by atoms with Gasteiger partial charge in [0.15, 0.2) is 0 Å². The topological polar surface area (TPSA) is 19.7 Å². The lowest BCUT2D eigenvalue weighted by Gasteiger charge is -2.32. The van der Waals surface area contributed by atoms with Crippen LogP contribution in [-0.4, -0.2) is 18.3 Å². The van der Waals surface area contributed by atoms with Gasteiger partial charge in [0.1, 0.15) is 11.1 Å². The summed E-state index contributed by atoms with van der Waals surface area (Å²) in [6.45, 7) is 0. The Bertz CT molecular complexity index is 4950. The third-order valence-electron chi connectivity index (χ3n) is 17.1. The number of benzene rings is 13. The number of hydrogen-bond acceptors (Lipinski definition) is 0. The molecule has 17 aromatic rings. The maximum absolute atomic E-state index is 18.6. The van der Waals surface area contributed by atoms with Crippen molar-refractivity contribution in [2.24, 2.45) is 0 Å². The molecule has 390 valence electrons. The molecule has 82 heavy (non-hydrogen) atoms. The number of aromatic nitrogens is 4. The molecule has 4 heterocycles. The molecular formula is C72H40F6N4. The first-order valence-corrected chi connectivity index (χ1v) is 27.1. The number of nitrogens with zero attached hydrogens (tertiary/aromatic N) is 4. The minimum Gasteiger partial charge on any atom is -0.306 e. The van der Waals surface area contributed by atoms with Crippen LogP contribution in [0.4, 0.5) is 26.3 Å². The monoisotopic (exact) mass is 1070 g/mol. The maximum Gasteiger partial charge on any atom is 0.420 e. The predicted octanol–water partition coefficient (Wildman–Crippen LogP) is 20.7. The van der Waals surface area contributed by atoms with Gasteiger partial charge in [0.05, 0.1) is 66.9 Å². The Morgan fingerprint density at radius 2 is 0.390 bits per heavy atom. The Labute approximate surface area is 461 Å². The van der Waals surface area contributed by atoms with Crippen LogP contribution in [0, 0.1) is 0 Å². The van der Waals surface area contributed by atoms with Crippen LogP contribution in [0.25, 0.3) is 153 Å². The second kappa shape index (κ2) is 16.6. The average molecular weight is 1080 g/mol. The van der Waals surface area contributed by atoms with Gasteiger partial charge in [-0.15, -0.1) is 0 Å². The Hall–Kier alpha value is -10.3. The van der Waals surface area contributed by atoms with Gasteiger partial charge in [-0.25, -0.2) is 0 Å². The number of rotatable bonds is 4. The second-order valence-corrected chi connectivity index (χ2v) is 21.3. The minimum absolute atomic E-state index is 0.301. The third kappa shape index (κ3) is 6.23. The molecule has 0 spiro atoms. The normalized spacial score (nSPS) is 12.8. The molecule has 0 radical (unpaired) electrons. The van der Waals surface area contributed by atoms with Gasteiger partial charge in [0.2, 0.25) is 0 Å². The van der Waals surface area contributed by atoms with E-state index < -0.39 is 46.2 Å². The van der Waals surface area contributed by atoms with E-state index in [2.05, 4.69) is 0 Å². The molecule has 0 saturated carbocycles. The Morgan fingerprint density at radius 1 is 0.195 bits per heavy atom. The molecule has 0 atom stereocenters. The zero-order valence-electron chi connectivity index (χ0n) is 43.2. The summed E-state index contributed by atoms with van der Waals surface area (Å²) in [6.07, 6.45) is -10.8. The Balaban J connectivity index is 1.24. The first-order chi connectivity index (χ1) is 40.0. The van der Waals surface area contributed by atoms with E-state index in [0.29, 0.717) is 87.2 Å². The average Bonchev–Trinajstić information content (AvgIpc) is 2.97. The molecule has 4 nitrogen and oxygen atoms in total. The van der Waals surface area contributed by atoms with E-state index in [4.69, 9.17) is 0 Å². The van der Waals surface area contributed by atoms with Crippen molar-refractivity contribution in [1.29, 1.82) is 0 Å². The fourth-order valence-corrected chi connectivity index (χ4v) is 14.0. The molecule has 4 aromatic heterocycles. The molecule has 0 unspecified atom stereocenters. The molecule has 0 aliphatic carbocycles. The lowest BCUT2D eigenvalue weighted by atomic mass is 9.96. The molecule has 0 bridgehead atoms. The van der Waals surface area contributed by atoms with Crippen molar-refractivity contribution in [3.63, 3.8) is 0 Å². The fourth-order valence-electron chi connectivity index (χ4n) is 14.0. The van der Waals surface area contributed by atoms with Crippen LogP contribution in [0.2, 0.25) is 0 Å². The Kier molecular flexibility index (Phi) is 9.44. The fraction of sp³-hybridized carbons (Fsp3) is 0.0278. The van der Waals surface area contributed by atoms with Gasteiger partial charge in [-0.2, -0.15) is 26.3 Å². The van der Waals surface area contributed by atoms with Gasteiger partial charge in [-0.1, -0.05) is 194 Å². The zero-order valence-corrected chi connectivity index (χ0v) is 43.2. The first-order valence-electron chi connectivity index (χ1n) is 27.1. The van der Waals surface area contributed by atoms with Crippen molar-refractivity contribution in [2.45, 2.75) is 12.4 Å². The van der Waals surface area contributed by atoms with Crippen LogP contribution in [0.5, 0.6) is 0 Å². The molecule has 0 fully saturated rings. The summed E-state index contributed by atoms with van der Waals surface area (Å²) in [5, 5.41) is 11.0. The SMILES string of the molecule is FC(F)(F)c1c(-n2c3ccccc3c3c4ccccc4ccc32)c(-n2c3ccccc3c3c4ccccc4ccc32)c(C(F)(F)F)c(-n2c3ccccc3c3c4ccccc4ccc32)c1-n1c2ccccc2c2c3ccccc3ccc21. The molecular weight excluding hydrogens is 1030 g/mol. The van der Waals surface area contributed by atoms with Gasteiger partial charge in [-0.05, 0) is 91.6 Å². The third-order valence-corrected chi connectivity index (χ3v) is 17.1. The van der Waals surface area contributed by atoms with Crippen LogP contribution in [0.1, 0.15) is 11.1 Å². The van der Waals surface area contributed by atoms with Crippen molar-refractivity contribution < 1.29 is 26.3 Å². The lowest BCUT2D eigenvalue weighted by molar-refractivity contribution is -0.141. The van der Waals surface area contributed by atoms with Crippen molar-refractivity contribution >= 4 is 130 Å². The number of para-hydroxylation sites is 4. The summed E-state index contributed by atoms with van der Waals surface area (Å²) >= 11 is 0. The number of fused-ring (bicyclic) bond motifs is 20. The van der Waals surface area contributed by atoms with Crippen molar-refractivity contribution in [3.05, 3.63) is 254 Å². The van der Waals surface area contributed by atoms with Gasteiger partial charge < -0.3 is 18.3 Å². The van der Waals surface area contributed by atoms with Crippen molar-refractivity contribution in [1.82, 2.24) is 18.3 Å². The summed E-state index contributed by atoms with van der Waals surface area (Å²) in [6, 6.07) is 73.4. The summed E-state index contributed by atoms with van der Waals surface area (Å²) in [5.41, 5.74) is -2.77. The van der Waals surface area contributed by atoms with Gasteiger partial charge >= 0.3 is 12.4 Å². The largest absolute Gasteiger partial charge is 0.420 e. The van der Waals surface area contributed by atoms with E-state index >= 15 is 26.3 Å². The van der Waals surface area contributed by atoms with Crippen molar-refractivity contribution in [3.8, 4) is 22.7 Å². The molecule has 17 rings (SSSR count). The van der Waals surface area contributed by atoms with E-state index in [1.54, 1.807) is 72.8 Å². The molecule has 0 saturated heterocycles. The van der Waals surface area contributed by atoms with E-state index in [1.807, 2.05) is 170 Å². The predicted molar refractivity (Wildman–Crippen MR) is 324 cm³/mol. The minimum atomic E-state index is -5.38. The van der Waals surface area contributed by atoms with Gasteiger partial charge in [-0.3, -0.25) is 0 Å². The van der Waals surface area contributed by atoms with Crippen LogP contribution in [0.15, 0.2) is 243 Å². The van der Waals surface area contributed by atoms with Crippen molar-refractivity contribution in [2.75, 3.05) is 0 Å². The molecule has 10 heteroatoms. The van der Waals surface area contributed by atoms with Gasteiger partial charge in [0, 0.05) is 43.1 Å². The molecule has 13 aromatic carbocycles. The smallest absolute Gasteiger partial charge is 0.306 e. The summed E-state index contributed by atoms with van der Waals surface area (Å²) in [4.78, 5) is 0. The molecule has 0 N–H and O–H groups in total. The van der Waals surface area contributed by atoms with E-state index in [9.17, 15) is 0 Å². The summed E-state index contributed by atoms with van der Waals surface area (Å²) < 4.78 is 118. The highest BCUT2D eigenvalue weighted by Crippen LogP contribution is 2.57. The van der Waals surface area contributed by atoms with E-state index in [-0.39, 0.29) is 0 Å². The zero-order chi connectivity index (χ0) is 54.9. The molecule has 0 aliphatic heterocycles. The lowest BCUT2D eigenvalue weighted by Crippen LogP contribution is -2.26. The Morgan fingerprint density at radius 3 is 0.610 bits per heavy atom. The van der Waals surface area contributed by atoms with Gasteiger partial charge in [0.25, 0.3) is 0 Å². The summed E-state index contributed by atoms with van der Waals surface area (Å²) in [5.74, 6) is 0. The van der Waals surface area contributed by atoms with Crippen LogP contribution in [-0.2, 0) is 12.4 Å². The van der Waals surface area contributed by atoms with E-state index in [0.717, 1.165) is 43.1 Å². The van der Waals surface area contributed by atoms with Crippen LogP contribution in [0.3, 0.4) is 0 Å². The summed E-state index contributed by atoms with van der Waals surface area (Å²) in [7, 11) is 0. The quantitative estimate of drug-likeness (QED) is 0.157. The highest BCUT2D eigenvalue weighted by atomic mass is 19.4. The van der Waals surface area contributed by atoms with E-state index in [1.165, 1.54) is 18.3 Å². The van der Waals surface area contributed by atoms with Crippen LogP contribution < -0.4 is 0 Å². The molecule has 0 aliphatic rings. The maximum atomic E-state index is 18.6. The molecule has 0 amide bonds. The number of halogens is 6. The standard InChI is InChI=1S/C72H40F6N4/c73-71(74,75)65-67(79-53-29-13-9-25-49(53)61-45-21-5-1-17-41(45)33-37-57(61)79)68(80-54-30-14-10-26-50(54)62-46-22-6-2-18-42(46)34-38-58(62)80)66(72(76,77)78)70(82-56-32-16-12-28-52(56)64-48-24-8-4-20-44(48)36-40-60(64)82)69(65)81-55-31-15-11-27-51(55)63-47-23-7-3-19-43(47)35-39-59(63)81/h1-40H. The number of hydrogen-bond donors (Lipinski definition) is 0. The highest BCUT2D eigenvalue weighted by molar-refractivity contribution is 6.26. The number of alkyl halides is 6. The highest BCUT2D eigenvalue weighted by Gasteiger charge is 2.50. The first kappa shape index (κ1) is 46.6. The van der Waals surface area contributed by atoms with Crippen LogP contribution >= 0.6 is 0 Å². The second-order valence-electron chi connectivity index (χ2n) is 21.3.